The minimum absolute atomic E-state index is 0.0349. The van der Waals surface area contributed by atoms with Crippen LogP contribution >= 0.6 is 0 Å². The topological polar surface area (TPSA) is 51.5 Å². The third-order valence-electron chi connectivity index (χ3n) is 5.97. The molecule has 0 saturated carbocycles. The largest absolute Gasteiger partial charge is 0.489 e. The van der Waals surface area contributed by atoms with E-state index in [0.29, 0.717) is 24.5 Å². The summed E-state index contributed by atoms with van der Waals surface area (Å²) in [5.74, 6) is 5.03. The summed E-state index contributed by atoms with van der Waals surface area (Å²) in [6.07, 6.45) is 1.95. The van der Waals surface area contributed by atoms with Crippen molar-refractivity contribution in [3.63, 3.8) is 0 Å². The molecule has 0 saturated heterocycles. The first-order valence-electron chi connectivity index (χ1n) is 11.1. The van der Waals surface area contributed by atoms with Crippen molar-refractivity contribution >= 4 is 16.9 Å². The van der Waals surface area contributed by atoms with Crippen molar-refractivity contribution in [3.05, 3.63) is 101 Å². The Kier molecular flexibility index (Phi) is 6.98. The molecule has 0 radical (unpaired) electrons. The molecule has 0 bridgehead atoms. The van der Waals surface area contributed by atoms with Crippen molar-refractivity contribution in [3.8, 4) is 17.6 Å². The van der Waals surface area contributed by atoms with E-state index in [4.69, 9.17) is 9.84 Å². The third kappa shape index (κ3) is 5.13. The molecule has 4 nitrogen and oxygen atoms in total. The standard InChI is InChI=1S/C29H26FNO3/c1-3-6-23(17-28(32)33)21-11-13-26(14-12-21)34-19-25-10-9-22-15-16-31(29(22)20(25)2)18-24-7-4-5-8-27(24)30/h4-5,7-16,23H,17-19H2,1-2H3,(H,32,33). The first-order chi connectivity index (χ1) is 16.5. The lowest BCUT2D eigenvalue weighted by Crippen LogP contribution is -2.05. The smallest absolute Gasteiger partial charge is 0.304 e. The Balaban J connectivity index is 1.51. The summed E-state index contributed by atoms with van der Waals surface area (Å²) in [5.41, 5.74) is 4.71. The van der Waals surface area contributed by atoms with E-state index in [1.54, 1.807) is 19.1 Å². The maximum absolute atomic E-state index is 14.2. The second-order valence-corrected chi connectivity index (χ2v) is 8.23. The number of fused-ring (bicyclic) bond motifs is 1. The predicted molar refractivity (Wildman–Crippen MR) is 131 cm³/mol. The van der Waals surface area contributed by atoms with Gasteiger partial charge in [-0.15, -0.1) is 5.92 Å². The number of hydrogen-bond donors (Lipinski definition) is 1. The summed E-state index contributed by atoms with van der Waals surface area (Å²) < 4.78 is 22.3. The van der Waals surface area contributed by atoms with Crippen molar-refractivity contribution in [1.82, 2.24) is 4.57 Å². The first-order valence-corrected chi connectivity index (χ1v) is 11.1. The van der Waals surface area contributed by atoms with Crippen LogP contribution < -0.4 is 4.74 Å². The molecule has 1 atom stereocenters. The molecule has 4 rings (SSSR count). The molecule has 1 aromatic heterocycles. The molecule has 0 amide bonds. The van der Waals surface area contributed by atoms with Gasteiger partial charge in [-0.1, -0.05) is 48.4 Å². The Morgan fingerprint density at radius 2 is 1.82 bits per heavy atom. The lowest BCUT2D eigenvalue weighted by Gasteiger charge is -2.14. The maximum atomic E-state index is 14.2. The summed E-state index contributed by atoms with van der Waals surface area (Å²) in [6, 6.07) is 20.4. The quantitative estimate of drug-likeness (QED) is 0.317. The molecule has 0 aliphatic heterocycles. The number of ether oxygens (including phenoxy) is 1. The Morgan fingerprint density at radius 1 is 1.06 bits per heavy atom. The number of aliphatic carboxylic acids is 1. The lowest BCUT2D eigenvalue weighted by atomic mass is 9.96. The zero-order valence-corrected chi connectivity index (χ0v) is 19.2. The van der Waals surface area contributed by atoms with Gasteiger partial charge in [-0.25, -0.2) is 4.39 Å². The van der Waals surface area contributed by atoms with Crippen LogP contribution in [0.3, 0.4) is 0 Å². The molecule has 5 heteroatoms. The fourth-order valence-electron chi connectivity index (χ4n) is 4.18. The summed E-state index contributed by atoms with van der Waals surface area (Å²) in [7, 11) is 0. The Morgan fingerprint density at radius 3 is 2.53 bits per heavy atom. The van der Waals surface area contributed by atoms with E-state index in [2.05, 4.69) is 35.5 Å². The van der Waals surface area contributed by atoms with Crippen molar-refractivity contribution in [2.45, 2.75) is 39.3 Å². The Hall–Kier alpha value is -4.04. The molecule has 0 aliphatic carbocycles. The van der Waals surface area contributed by atoms with E-state index >= 15 is 0 Å². The van der Waals surface area contributed by atoms with Gasteiger partial charge in [0.2, 0.25) is 0 Å². The van der Waals surface area contributed by atoms with E-state index in [1.807, 2.05) is 42.6 Å². The summed E-state index contributed by atoms with van der Waals surface area (Å²) in [4.78, 5) is 11.1. The lowest BCUT2D eigenvalue weighted by molar-refractivity contribution is -0.137. The van der Waals surface area contributed by atoms with Crippen LogP contribution in [0.1, 0.15) is 41.5 Å². The fraction of sp³-hybridized carbons (Fsp3) is 0.207. The Labute approximate surface area is 198 Å². The number of benzene rings is 3. The molecule has 34 heavy (non-hydrogen) atoms. The van der Waals surface area contributed by atoms with E-state index in [-0.39, 0.29) is 18.2 Å². The number of aromatic nitrogens is 1. The molecule has 1 unspecified atom stereocenters. The fourth-order valence-corrected chi connectivity index (χ4v) is 4.18. The maximum Gasteiger partial charge on any atom is 0.304 e. The van der Waals surface area contributed by atoms with Crippen LogP contribution in [0.4, 0.5) is 4.39 Å². The normalized spacial score (nSPS) is 11.6. The highest BCUT2D eigenvalue weighted by atomic mass is 19.1. The van der Waals surface area contributed by atoms with Crippen molar-refractivity contribution in [2.75, 3.05) is 0 Å². The van der Waals surface area contributed by atoms with Gasteiger partial charge in [0.15, 0.2) is 0 Å². The van der Waals surface area contributed by atoms with Gasteiger partial charge in [-0.3, -0.25) is 4.79 Å². The molecule has 4 aromatic rings. The molecule has 3 aromatic carbocycles. The zero-order chi connectivity index (χ0) is 24.1. The van der Waals surface area contributed by atoms with Gasteiger partial charge >= 0.3 is 5.97 Å². The number of carbonyl (C=O) groups is 1. The number of aryl methyl sites for hydroxylation is 1. The number of halogens is 1. The average Bonchev–Trinajstić information content (AvgIpc) is 3.23. The number of hydrogen-bond acceptors (Lipinski definition) is 2. The number of carboxylic acids is 1. The SMILES string of the molecule is CC#CC(CC(=O)O)c1ccc(OCc2ccc3ccn(Cc4ccccc4F)c3c2C)cc1. The molecule has 172 valence electrons. The summed E-state index contributed by atoms with van der Waals surface area (Å²) in [5, 5.41) is 10.2. The summed E-state index contributed by atoms with van der Waals surface area (Å²) in [6.45, 7) is 4.61. The third-order valence-corrected chi connectivity index (χ3v) is 5.97. The van der Waals surface area contributed by atoms with Gasteiger partial charge in [0.05, 0.1) is 24.4 Å². The highest BCUT2D eigenvalue weighted by Gasteiger charge is 2.14. The van der Waals surface area contributed by atoms with Crippen LogP contribution in [-0.2, 0) is 17.9 Å². The second-order valence-electron chi connectivity index (χ2n) is 8.23. The van der Waals surface area contributed by atoms with E-state index in [1.165, 1.54) is 6.07 Å². The van der Waals surface area contributed by atoms with E-state index in [9.17, 15) is 9.18 Å². The van der Waals surface area contributed by atoms with Crippen molar-refractivity contribution < 1.29 is 19.0 Å². The van der Waals surface area contributed by atoms with E-state index in [0.717, 1.165) is 27.6 Å². The Bertz CT molecular complexity index is 1380. The predicted octanol–water partition coefficient (Wildman–Crippen LogP) is 6.30. The number of carboxylic acid groups (broad SMARTS) is 1. The minimum atomic E-state index is -0.876. The summed E-state index contributed by atoms with van der Waals surface area (Å²) >= 11 is 0. The highest BCUT2D eigenvalue weighted by Crippen LogP contribution is 2.27. The van der Waals surface area contributed by atoms with Gasteiger partial charge in [-0.05, 0) is 60.2 Å². The monoisotopic (exact) mass is 455 g/mol. The second kappa shape index (κ2) is 10.3. The zero-order valence-electron chi connectivity index (χ0n) is 19.2. The molecule has 1 N–H and O–H groups in total. The van der Waals surface area contributed by atoms with Gasteiger partial charge in [0.1, 0.15) is 18.2 Å². The molecular formula is C29H26FNO3. The van der Waals surface area contributed by atoms with Crippen LogP contribution in [0.2, 0.25) is 0 Å². The van der Waals surface area contributed by atoms with Crippen molar-refractivity contribution in [2.24, 2.45) is 0 Å². The number of nitrogens with zero attached hydrogens (tertiary/aromatic N) is 1. The van der Waals surface area contributed by atoms with Gasteiger partial charge in [0, 0.05) is 11.8 Å². The number of rotatable bonds is 8. The molecule has 1 heterocycles. The van der Waals surface area contributed by atoms with Crippen LogP contribution in [0, 0.1) is 24.6 Å². The van der Waals surface area contributed by atoms with Crippen LogP contribution in [0.5, 0.6) is 5.75 Å². The molecule has 0 fully saturated rings. The van der Waals surface area contributed by atoms with Gasteiger partial charge in [-0.2, -0.15) is 0 Å². The first kappa shape index (κ1) is 23.1. The van der Waals surface area contributed by atoms with Crippen LogP contribution in [0.25, 0.3) is 10.9 Å². The average molecular weight is 456 g/mol. The molecule has 0 aliphatic rings. The van der Waals surface area contributed by atoms with Crippen LogP contribution in [-0.4, -0.2) is 15.6 Å². The van der Waals surface area contributed by atoms with Crippen molar-refractivity contribution in [1.29, 1.82) is 0 Å². The van der Waals surface area contributed by atoms with Gasteiger partial charge in [0.25, 0.3) is 0 Å². The highest BCUT2D eigenvalue weighted by molar-refractivity contribution is 5.84. The van der Waals surface area contributed by atoms with Gasteiger partial charge < -0.3 is 14.4 Å². The minimum Gasteiger partial charge on any atom is -0.489 e. The van der Waals surface area contributed by atoms with E-state index < -0.39 is 5.97 Å². The molecular weight excluding hydrogens is 429 g/mol. The van der Waals surface area contributed by atoms with Crippen LogP contribution in [0.15, 0.2) is 72.9 Å². The molecule has 0 spiro atoms.